The molecule has 0 bridgehead atoms. The molecule has 0 saturated carbocycles. The van der Waals surface area contributed by atoms with Gasteiger partial charge >= 0.3 is 0 Å². The Hall–Kier alpha value is -0.970. The van der Waals surface area contributed by atoms with E-state index in [4.69, 9.17) is 5.73 Å². The Morgan fingerprint density at radius 3 is 2.79 bits per heavy atom. The molecule has 0 saturated heterocycles. The Bertz CT molecular complexity index is 301. The average molecular weight is 212 g/mol. The molecule has 0 aromatic carbocycles. The summed E-state index contributed by atoms with van der Waals surface area (Å²) in [6.45, 7) is 5.18. The van der Waals surface area contributed by atoms with Gasteiger partial charge in [0.15, 0.2) is 0 Å². The molecule has 78 valence electrons. The van der Waals surface area contributed by atoms with Gasteiger partial charge in [-0.15, -0.1) is 0 Å². The van der Waals surface area contributed by atoms with Gasteiger partial charge in [0.1, 0.15) is 11.6 Å². The normalized spacial score (nSPS) is 11.4. The molecule has 0 radical (unpaired) electrons. The molecule has 0 aliphatic rings. The molecule has 1 rings (SSSR count). The van der Waals surface area contributed by atoms with E-state index in [9.17, 15) is 0 Å². The van der Waals surface area contributed by atoms with Crippen LogP contribution in [-0.2, 0) is 0 Å². The smallest absolute Gasteiger partial charge is 0.147 e. The van der Waals surface area contributed by atoms with Crippen LogP contribution < -0.4 is 11.1 Å². The first-order valence-corrected chi connectivity index (χ1v) is 5.62. The number of hydrogen-bond acceptors (Lipinski definition) is 5. The van der Waals surface area contributed by atoms with E-state index in [-0.39, 0.29) is 4.75 Å². The zero-order chi connectivity index (χ0) is 10.6. The number of nitrogen functional groups attached to an aromatic ring is 1. The molecule has 0 unspecified atom stereocenters. The maximum Gasteiger partial charge on any atom is 0.147 e. The number of aromatic nitrogens is 2. The van der Waals surface area contributed by atoms with Crippen LogP contribution in [0.15, 0.2) is 12.4 Å². The van der Waals surface area contributed by atoms with E-state index in [1.807, 2.05) is 11.8 Å². The highest BCUT2D eigenvalue weighted by Crippen LogP contribution is 2.21. The first kappa shape index (κ1) is 11.1. The van der Waals surface area contributed by atoms with Gasteiger partial charge in [-0.05, 0) is 20.1 Å². The summed E-state index contributed by atoms with van der Waals surface area (Å²) < 4.78 is 0.187. The fourth-order valence-electron chi connectivity index (χ4n) is 0.842. The number of nitrogens with one attached hydrogen (secondary N) is 1. The molecule has 4 nitrogen and oxygen atoms in total. The maximum atomic E-state index is 5.51. The average Bonchev–Trinajstić information content (AvgIpc) is 2.15. The number of nitrogens with zero attached hydrogens (tertiary/aromatic N) is 2. The minimum atomic E-state index is 0.187. The molecule has 0 atom stereocenters. The highest BCUT2D eigenvalue weighted by Gasteiger charge is 2.15. The summed E-state index contributed by atoms with van der Waals surface area (Å²) >= 11 is 1.81. The molecule has 3 N–H and O–H groups in total. The van der Waals surface area contributed by atoms with Gasteiger partial charge in [0.05, 0.1) is 12.4 Å². The van der Waals surface area contributed by atoms with Crippen LogP contribution in [0, 0.1) is 0 Å². The van der Waals surface area contributed by atoms with Crippen molar-refractivity contribution in [3.8, 4) is 0 Å². The van der Waals surface area contributed by atoms with Gasteiger partial charge in [-0.25, -0.2) is 4.98 Å². The first-order chi connectivity index (χ1) is 6.53. The highest BCUT2D eigenvalue weighted by atomic mass is 32.2. The zero-order valence-corrected chi connectivity index (χ0v) is 9.56. The van der Waals surface area contributed by atoms with Crippen LogP contribution >= 0.6 is 11.8 Å². The van der Waals surface area contributed by atoms with Crippen LogP contribution in [0.1, 0.15) is 13.8 Å². The van der Waals surface area contributed by atoms with Crippen molar-refractivity contribution < 1.29 is 0 Å². The zero-order valence-electron chi connectivity index (χ0n) is 8.74. The standard InChI is InChI=1S/C9H16N4S/c1-9(2,14-3)6-12-8-5-11-4-7(10)13-8/h4-5H,6H2,1-3H3,(H3,10,12,13). The van der Waals surface area contributed by atoms with Crippen LogP contribution in [0.5, 0.6) is 0 Å². The van der Waals surface area contributed by atoms with E-state index in [2.05, 4.69) is 35.4 Å². The van der Waals surface area contributed by atoms with Crippen molar-refractivity contribution >= 4 is 23.4 Å². The number of thioether (sulfide) groups is 1. The SMILES string of the molecule is CSC(C)(C)CNc1cncc(N)n1. The lowest BCUT2D eigenvalue weighted by Gasteiger charge is -2.22. The summed E-state index contributed by atoms with van der Waals surface area (Å²) in [5.74, 6) is 1.17. The van der Waals surface area contributed by atoms with E-state index < -0.39 is 0 Å². The first-order valence-electron chi connectivity index (χ1n) is 4.40. The van der Waals surface area contributed by atoms with Crippen molar-refractivity contribution in [3.63, 3.8) is 0 Å². The van der Waals surface area contributed by atoms with Crippen molar-refractivity contribution in [1.29, 1.82) is 0 Å². The monoisotopic (exact) mass is 212 g/mol. The van der Waals surface area contributed by atoms with Gasteiger partial charge in [0.2, 0.25) is 0 Å². The van der Waals surface area contributed by atoms with Gasteiger partial charge in [-0.2, -0.15) is 11.8 Å². The van der Waals surface area contributed by atoms with Gasteiger partial charge in [-0.3, -0.25) is 4.98 Å². The summed E-state index contributed by atoms with van der Waals surface area (Å²) in [5.41, 5.74) is 5.51. The molecule has 0 aliphatic carbocycles. The minimum Gasteiger partial charge on any atom is -0.382 e. The Morgan fingerprint density at radius 2 is 2.21 bits per heavy atom. The van der Waals surface area contributed by atoms with Crippen molar-refractivity contribution in [3.05, 3.63) is 12.4 Å². The second-order valence-corrected chi connectivity index (χ2v) is 5.16. The molecule has 1 heterocycles. The number of nitrogens with two attached hydrogens (primary N) is 1. The van der Waals surface area contributed by atoms with Gasteiger partial charge in [0, 0.05) is 11.3 Å². The van der Waals surface area contributed by atoms with Crippen molar-refractivity contribution in [2.45, 2.75) is 18.6 Å². The van der Waals surface area contributed by atoms with Crippen LogP contribution in [0.3, 0.4) is 0 Å². The Kier molecular flexibility index (Phi) is 3.57. The van der Waals surface area contributed by atoms with E-state index in [0.717, 1.165) is 12.4 Å². The summed E-state index contributed by atoms with van der Waals surface area (Å²) in [7, 11) is 0. The molecule has 14 heavy (non-hydrogen) atoms. The number of anilines is 2. The van der Waals surface area contributed by atoms with Crippen LogP contribution in [0.4, 0.5) is 11.6 Å². The summed E-state index contributed by atoms with van der Waals surface area (Å²) in [6, 6.07) is 0. The second kappa shape index (κ2) is 4.50. The Balaban J connectivity index is 2.54. The van der Waals surface area contributed by atoms with E-state index >= 15 is 0 Å². The van der Waals surface area contributed by atoms with Crippen molar-refractivity contribution in [1.82, 2.24) is 9.97 Å². The third-order valence-corrected chi connectivity index (χ3v) is 3.15. The highest BCUT2D eigenvalue weighted by molar-refractivity contribution is 7.99. The molecular formula is C9H16N4S. The third-order valence-electron chi connectivity index (χ3n) is 1.90. The molecular weight excluding hydrogens is 196 g/mol. The fraction of sp³-hybridized carbons (Fsp3) is 0.556. The van der Waals surface area contributed by atoms with E-state index in [1.165, 1.54) is 6.20 Å². The van der Waals surface area contributed by atoms with Crippen LogP contribution in [-0.4, -0.2) is 27.5 Å². The molecule has 1 aromatic rings. The predicted octanol–water partition coefficient (Wildman–Crippen LogP) is 1.61. The Labute approximate surface area is 88.7 Å². The van der Waals surface area contributed by atoms with Crippen molar-refractivity contribution in [2.75, 3.05) is 23.9 Å². The molecule has 0 aliphatic heterocycles. The van der Waals surface area contributed by atoms with E-state index in [1.54, 1.807) is 6.20 Å². The van der Waals surface area contributed by atoms with Crippen LogP contribution in [0.2, 0.25) is 0 Å². The van der Waals surface area contributed by atoms with Gasteiger partial charge in [0.25, 0.3) is 0 Å². The maximum absolute atomic E-state index is 5.51. The lowest BCUT2D eigenvalue weighted by molar-refractivity contribution is 0.750. The molecule has 0 amide bonds. The summed E-state index contributed by atoms with van der Waals surface area (Å²) in [6.07, 6.45) is 5.30. The lowest BCUT2D eigenvalue weighted by atomic mass is 10.2. The quantitative estimate of drug-likeness (QED) is 0.794. The fourth-order valence-corrected chi connectivity index (χ4v) is 1.06. The molecule has 0 spiro atoms. The lowest BCUT2D eigenvalue weighted by Crippen LogP contribution is -2.26. The van der Waals surface area contributed by atoms with Crippen molar-refractivity contribution in [2.24, 2.45) is 0 Å². The largest absolute Gasteiger partial charge is 0.382 e. The predicted molar refractivity (Wildman–Crippen MR) is 62.5 cm³/mol. The second-order valence-electron chi connectivity index (χ2n) is 3.65. The third kappa shape index (κ3) is 3.41. The molecule has 5 heteroatoms. The summed E-state index contributed by atoms with van der Waals surface area (Å²) in [5, 5.41) is 3.20. The Morgan fingerprint density at radius 1 is 1.50 bits per heavy atom. The topological polar surface area (TPSA) is 63.8 Å². The number of rotatable bonds is 4. The van der Waals surface area contributed by atoms with E-state index in [0.29, 0.717) is 5.82 Å². The van der Waals surface area contributed by atoms with Gasteiger partial charge < -0.3 is 11.1 Å². The molecule has 1 aromatic heterocycles. The van der Waals surface area contributed by atoms with Gasteiger partial charge in [-0.1, -0.05) is 0 Å². The van der Waals surface area contributed by atoms with Crippen LogP contribution in [0.25, 0.3) is 0 Å². The molecule has 0 fully saturated rings. The summed E-state index contributed by atoms with van der Waals surface area (Å²) in [4.78, 5) is 8.06. The minimum absolute atomic E-state index is 0.187. The number of hydrogen-bond donors (Lipinski definition) is 2.